The maximum Gasteiger partial charge on any atom is 2.00 e. The van der Waals surface area contributed by atoms with Crippen LogP contribution in [0.25, 0.3) is 0 Å². The summed E-state index contributed by atoms with van der Waals surface area (Å²) in [5.74, 6) is -9.11. The van der Waals surface area contributed by atoms with E-state index in [-0.39, 0.29) is 151 Å². The van der Waals surface area contributed by atoms with Gasteiger partial charge < -0.3 is 59.4 Å². The standard InChI is InChI=1S/3C8H6O4.Ba.Mg.Sr/c3*9-7(10)5-3-1-2-4-6(5)8(11)12;;;/h3*1-4H,(H,9,10)(H,11,12);;;/q;;;3*+2/p-6. The topological polar surface area (TPSA) is 241 Å². The van der Waals surface area contributed by atoms with Gasteiger partial charge in [-0.15, -0.1) is 0 Å². The molecule has 0 aliphatic rings. The number of carboxylic acid groups (broad SMARTS) is 6. The molecule has 0 spiro atoms. The molecule has 0 saturated carbocycles. The van der Waals surface area contributed by atoms with E-state index >= 15 is 0 Å². The molecule has 0 saturated heterocycles. The molecule has 0 amide bonds. The van der Waals surface area contributed by atoms with E-state index in [9.17, 15) is 59.4 Å². The van der Waals surface area contributed by atoms with Gasteiger partial charge in [0.05, 0.1) is 35.8 Å². The van der Waals surface area contributed by atoms with Crippen LogP contribution in [0.15, 0.2) is 72.8 Å². The quantitative estimate of drug-likeness (QED) is 0.215. The Kier molecular flexibility index (Phi) is 22.6. The third kappa shape index (κ3) is 14.0. The number of aromatic carboxylic acids is 6. The van der Waals surface area contributed by atoms with Crippen LogP contribution in [0.3, 0.4) is 0 Å². The normalized spacial score (nSPS) is 8.62. The third-order valence-corrected chi connectivity index (χ3v) is 4.10. The first kappa shape index (κ1) is 41.8. The Morgan fingerprint density at radius 3 is 0.538 bits per heavy atom. The number of hydrogen-bond donors (Lipinski definition) is 0. The minimum absolute atomic E-state index is 0. The number of rotatable bonds is 6. The fraction of sp³-hybridized carbons (Fsp3) is 0. The molecule has 0 fully saturated rings. The monoisotopic (exact) mass is 742 g/mol. The molecule has 0 heterocycles. The fourth-order valence-electron chi connectivity index (χ4n) is 2.52. The molecular weight excluding hydrogens is 730 g/mol. The SMILES string of the molecule is O=C([O-])c1ccccc1C(=O)[O-].O=C([O-])c1ccccc1C(=O)[O-].O=C([O-])c1ccccc1C(=O)[O-].[Ba+2].[Mg+2].[Sr+2]. The van der Waals surface area contributed by atoms with Crippen molar-refractivity contribution in [2.24, 2.45) is 0 Å². The van der Waals surface area contributed by atoms with E-state index in [2.05, 4.69) is 0 Å². The summed E-state index contributed by atoms with van der Waals surface area (Å²) in [4.78, 5) is 61.9. The van der Waals surface area contributed by atoms with Crippen LogP contribution in [0.2, 0.25) is 0 Å². The van der Waals surface area contributed by atoms with Gasteiger partial charge >= 0.3 is 117 Å². The molecule has 12 nitrogen and oxygen atoms in total. The van der Waals surface area contributed by atoms with Crippen LogP contribution in [0.1, 0.15) is 62.1 Å². The fourth-order valence-corrected chi connectivity index (χ4v) is 2.52. The first-order chi connectivity index (χ1) is 16.9. The van der Waals surface area contributed by atoms with Crippen LogP contribution in [-0.2, 0) is 0 Å². The Bertz CT molecular complexity index is 1070. The Morgan fingerprint density at radius 1 is 0.359 bits per heavy atom. The number of carbonyl (C=O) groups excluding carboxylic acids is 6. The van der Waals surface area contributed by atoms with E-state index in [0.717, 1.165) is 36.4 Å². The van der Waals surface area contributed by atoms with E-state index in [1.165, 1.54) is 36.4 Å². The van der Waals surface area contributed by atoms with Crippen molar-refractivity contribution in [2.75, 3.05) is 0 Å². The van der Waals surface area contributed by atoms with Crippen LogP contribution in [-0.4, -0.2) is 153 Å². The molecule has 15 heteroatoms. The molecule has 0 unspecified atom stereocenters. The van der Waals surface area contributed by atoms with Crippen molar-refractivity contribution in [3.63, 3.8) is 0 Å². The maximum atomic E-state index is 10.3. The molecule has 0 aliphatic carbocycles. The second-order valence-corrected chi connectivity index (χ2v) is 6.36. The Labute approximate surface area is 314 Å². The van der Waals surface area contributed by atoms with Gasteiger partial charge in [0, 0.05) is 33.4 Å². The van der Waals surface area contributed by atoms with Gasteiger partial charge in [0.15, 0.2) is 0 Å². The van der Waals surface area contributed by atoms with Crippen molar-refractivity contribution in [3.05, 3.63) is 106 Å². The van der Waals surface area contributed by atoms with Gasteiger partial charge in [-0.05, 0) is 0 Å². The van der Waals surface area contributed by atoms with E-state index in [4.69, 9.17) is 0 Å². The largest absolute Gasteiger partial charge is 2.00 e. The second kappa shape index (κ2) is 21.1. The van der Waals surface area contributed by atoms with Crippen molar-refractivity contribution in [1.29, 1.82) is 0 Å². The summed E-state index contributed by atoms with van der Waals surface area (Å²) in [6, 6.07) is 15.4. The summed E-state index contributed by atoms with van der Waals surface area (Å²) in [6.45, 7) is 0. The van der Waals surface area contributed by atoms with Crippen molar-refractivity contribution < 1.29 is 59.4 Å². The van der Waals surface area contributed by atoms with Crippen molar-refractivity contribution in [2.45, 2.75) is 0 Å². The van der Waals surface area contributed by atoms with Crippen LogP contribution in [0.5, 0.6) is 0 Å². The summed E-state index contributed by atoms with van der Waals surface area (Å²) in [6.07, 6.45) is 0. The molecular formula is C24H12BaMgO12Sr. The molecule has 3 aromatic carbocycles. The number of carboxylic acids is 6. The zero-order chi connectivity index (χ0) is 27.4. The van der Waals surface area contributed by atoms with Gasteiger partial charge in [-0.25, -0.2) is 0 Å². The van der Waals surface area contributed by atoms with E-state index in [1.807, 2.05) is 0 Å². The van der Waals surface area contributed by atoms with Crippen molar-refractivity contribution in [3.8, 4) is 0 Å². The second-order valence-electron chi connectivity index (χ2n) is 6.36. The van der Waals surface area contributed by atoms with Gasteiger partial charge in [-0.3, -0.25) is 0 Å². The minimum atomic E-state index is -1.52. The summed E-state index contributed by atoms with van der Waals surface area (Å²) < 4.78 is 0. The molecule has 3 rings (SSSR count). The first-order valence-electron chi connectivity index (χ1n) is 9.43. The Morgan fingerprint density at radius 2 is 0.462 bits per heavy atom. The van der Waals surface area contributed by atoms with Crippen LogP contribution < -0.4 is 30.6 Å². The molecule has 0 atom stereocenters. The molecule has 0 bridgehead atoms. The average Bonchev–Trinajstić information content (AvgIpc) is 2.84. The van der Waals surface area contributed by atoms with Crippen molar-refractivity contribution in [1.82, 2.24) is 0 Å². The number of carbonyl (C=O) groups is 6. The van der Waals surface area contributed by atoms with Gasteiger partial charge in [0.1, 0.15) is 0 Å². The Balaban J connectivity index is -0.000000480. The van der Waals surface area contributed by atoms with Gasteiger partial charge in [-0.1, -0.05) is 72.8 Å². The molecule has 3 aromatic rings. The van der Waals surface area contributed by atoms with Crippen molar-refractivity contribution >= 4 is 153 Å². The van der Waals surface area contributed by atoms with Crippen LogP contribution in [0, 0.1) is 0 Å². The summed E-state index contributed by atoms with van der Waals surface area (Å²) in [7, 11) is 0. The summed E-state index contributed by atoms with van der Waals surface area (Å²) in [5.41, 5.74) is -2.18. The summed E-state index contributed by atoms with van der Waals surface area (Å²) >= 11 is 0. The van der Waals surface area contributed by atoms with E-state index in [0.29, 0.717) is 0 Å². The number of benzene rings is 3. The smallest absolute Gasteiger partial charge is 0.545 e. The van der Waals surface area contributed by atoms with Crippen LogP contribution in [0.4, 0.5) is 0 Å². The van der Waals surface area contributed by atoms with Gasteiger partial charge in [0.25, 0.3) is 0 Å². The summed E-state index contributed by atoms with van der Waals surface area (Å²) in [5, 5.41) is 61.9. The minimum Gasteiger partial charge on any atom is -0.545 e. The van der Waals surface area contributed by atoms with E-state index < -0.39 is 35.8 Å². The van der Waals surface area contributed by atoms with Crippen LogP contribution >= 0.6 is 0 Å². The van der Waals surface area contributed by atoms with Gasteiger partial charge in [-0.2, -0.15) is 0 Å². The van der Waals surface area contributed by atoms with Gasteiger partial charge in [0.2, 0.25) is 0 Å². The predicted molar refractivity (Wildman–Crippen MR) is 123 cm³/mol. The van der Waals surface area contributed by atoms with E-state index in [1.54, 1.807) is 0 Å². The molecule has 0 aliphatic heterocycles. The Hall–Kier alpha value is -1.70. The number of hydrogen-bond acceptors (Lipinski definition) is 12. The first-order valence-corrected chi connectivity index (χ1v) is 9.43. The third-order valence-electron chi connectivity index (χ3n) is 4.10. The molecule has 186 valence electrons. The molecule has 39 heavy (non-hydrogen) atoms. The average molecular weight is 742 g/mol. The maximum absolute atomic E-state index is 10.3. The zero-order valence-corrected chi connectivity index (χ0v) is 29.3. The molecule has 0 aromatic heterocycles. The molecule has 0 radical (unpaired) electrons. The zero-order valence-electron chi connectivity index (χ0n) is 19.9. The predicted octanol–water partition coefficient (Wildman–Crippen LogP) is -5.90. The molecule has 0 N–H and O–H groups in total.